The Morgan fingerprint density at radius 1 is 0.829 bits per heavy atom. The van der Waals surface area contributed by atoms with Crippen LogP contribution in [-0.4, -0.2) is 25.2 Å². The van der Waals surface area contributed by atoms with E-state index in [9.17, 15) is 13.2 Å². The van der Waals surface area contributed by atoms with Crippen molar-refractivity contribution in [3.05, 3.63) is 99.1 Å². The normalized spacial score (nSPS) is 12.6. The van der Waals surface area contributed by atoms with Crippen molar-refractivity contribution in [1.29, 1.82) is 0 Å². The predicted molar refractivity (Wildman–Crippen MR) is 142 cm³/mol. The number of rotatable bonds is 8. The molecule has 0 spiro atoms. The SMILES string of the molecule is Cc1cc(C)c(S(=O)(=O)N(CC(=O)NC(C)c2cc(C)c(C)cc2C)Cc2ccccc2)c(C)c1. The zero-order chi connectivity index (χ0) is 25.9. The van der Waals surface area contributed by atoms with Crippen LogP contribution in [0.25, 0.3) is 0 Å². The minimum atomic E-state index is -3.92. The van der Waals surface area contributed by atoms with Crippen molar-refractivity contribution in [2.24, 2.45) is 0 Å². The molecule has 0 bridgehead atoms. The number of nitrogens with one attached hydrogen (secondary N) is 1. The fraction of sp³-hybridized carbons (Fsp3) is 0.345. The summed E-state index contributed by atoms with van der Waals surface area (Å²) < 4.78 is 29.0. The van der Waals surface area contributed by atoms with Gasteiger partial charge in [0.05, 0.1) is 17.5 Å². The summed E-state index contributed by atoms with van der Waals surface area (Å²) in [7, 11) is -3.92. The number of nitrogens with zero attached hydrogens (tertiary/aromatic N) is 1. The summed E-state index contributed by atoms with van der Waals surface area (Å²) in [5.41, 5.74) is 7.68. The molecule has 5 nitrogen and oxygen atoms in total. The fourth-order valence-corrected chi connectivity index (χ4v) is 6.49. The Bertz CT molecular complexity index is 1310. The van der Waals surface area contributed by atoms with Gasteiger partial charge in [-0.25, -0.2) is 8.42 Å². The maximum absolute atomic E-state index is 13.9. The molecule has 1 unspecified atom stereocenters. The molecule has 0 aliphatic carbocycles. The first-order valence-electron chi connectivity index (χ1n) is 11.9. The van der Waals surface area contributed by atoms with Gasteiger partial charge in [0.15, 0.2) is 0 Å². The van der Waals surface area contributed by atoms with E-state index in [0.29, 0.717) is 11.1 Å². The maximum Gasteiger partial charge on any atom is 0.244 e. The van der Waals surface area contributed by atoms with Gasteiger partial charge in [0.2, 0.25) is 15.9 Å². The molecule has 0 aliphatic heterocycles. The van der Waals surface area contributed by atoms with Gasteiger partial charge in [-0.1, -0.05) is 60.2 Å². The molecule has 0 aliphatic rings. The number of benzene rings is 3. The first-order valence-corrected chi connectivity index (χ1v) is 13.3. The molecule has 3 aromatic carbocycles. The second kappa shape index (κ2) is 10.8. The Hall–Kier alpha value is -2.96. The first-order chi connectivity index (χ1) is 16.4. The van der Waals surface area contributed by atoms with Gasteiger partial charge in [-0.2, -0.15) is 4.31 Å². The average molecular weight is 493 g/mol. The van der Waals surface area contributed by atoms with Crippen molar-refractivity contribution in [3.8, 4) is 0 Å². The summed E-state index contributed by atoms with van der Waals surface area (Å²) in [5, 5.41) is 3.02. The quantitative estimate of drug-likeness (QED) is 0.445. The van der Waals surface area contributed by atoms with E-state index in [4.69, 9.17) is 0 Å². The molecule has 3 aromatic rings. The number of aryl methyl sites for hydroxylation is 6. The van der Waals surface area contributed by atoms with E-state index in [-0.39, 0.29) is 29.9 Å². The third-order valence-corrected chi connectivity index (χ3v) is 8.55. The molecule has 6 heteroatoms. The second-order valence-corrected chi connectivity index (χ2v) is 11.4. The zero-order valence-corrected chi connectivity index (χ0v) is 22.6. The van der Waals surface area contributed by atoms with E-state index in [2.05, 4.69) is 24.4 Å². The predicted octanol–water partition coefficient (Wildman–Crippen LogP) is 5.61. The standard InChI is InChI=1S/C29H36N2O3S/c1-19-13-23(5)29(24(6)14-19)35(33,34)31(17-26-11-9-8-10-12-26)18-28(32)30-25(7)27-16-21(3)20(2)15-22(27)4/h8-16,25H,17-18H2,1-7H3,(H,30,32). The lowest BCUT2D eigenvalue weighted by Gasteiger charge is -2.25. The summed E-state index contributed by atoms with van der Waals surface area (Å²) in [6.45, 7) is 13.5. The topological polar surface area (TPSA) is 66.5 Å². The maximum atomic E-state index is 13.9. The lowest BCUT2D eigenvalue weighted by Crippen LogP contribution is -2.41. The van der Waals surface area contributed by atoms with Crippen LogP contribution in [0.5, 0.6) is 0 Å². The second-order valence-electron chi connectivity index (χ2n) is 9.57. The first kappa shape index (κ1) is 26.6. The molecule has 0 aromatic heterocycles. The van der Waals surface area contributed by atoms with E-state index < -0.39 is 10.0 Å². The molecular formula is C29H36N2O3S. The largest absolute Gasteiger partial charge is 0.348 e. The van der Waals surface area contributed by atoms with Gasteiger partial charge in [-0.05, 0) is 87.4 Å². The smallest absolute Gasteiger partial charge is 0.244 e. The third kappa shape index (κ3) is 6.19. The van der Waals surface area contributed by atoms with Gasteiger partial charge in [0.1, 0.15) is 0 Å². The van der Waals surface area contributed by atoms with Crippen LogP contribution >= 0.6 is 0 Å². The minimum Gasteiger partial charge on any atom is -0.348 e. The molecule has 1 N–H and O–H groups in total. The lowest BCUT2D eigenvalue weighted by atomic mass is 9.96. The number of hydrogen-bond acceptors (Lipinski definition) is 3. The van der Waals surface area contributed by atoms with Crippen molar-refractivity contribution in [3.63, 3.8) is 0 Å². The molecule has 1 atom stereocenters. The molecule has 186 valence electrons. The molecular weight excluding hydrogens is 456 g/mol. The minimum absolute atomic E-state index is 0.112. The highest BCUT2D eigenvalue weighted by Gasteiger charge is 2.30. The van der Waals surface area contributed by atoms with Crippen molar-refractivity contribution >= 4 is 15.9 Å². The van der Waals surface area contributed by atoms with E-state index >= 15 is 0 Å². The monoisotopic (exact) mass is 492 g/mol. The number of sulfonamides is 1. The summed E-state index contributed by atoms with van der Waals surface area (Å²) in [5.74, 6) is -0.336. The van der Waals surface area contributed by atoms with Crippen molar-refractivity contribution in [2.45, 2.75) is 65.9 Å². The molecule has 1 amide bonds. The van der Waals surface area contributed by atoms with Crippen LogP contribution in [0.2, 0.25) is 0 Å². The molecule has 0 saturated heterocycles. The van der Waals surface area contributed by atoms with Gasteiger partial charge >= 0.3 is 0 Å². The Kier molecular flexibility index (Phi) is 8.18. The Labute approximate surface area is 210 Å². The molecule has 0 saturated carbocycles. The third-order valence-electron chi connectivity index (χ3n) is 6.45. The van der Waals surface area contributed by atoms with Crippen LogP contribution in [0.15, 0.2) is 59.5 Å². The van der Waals surface area contributed by atoms with Gasteiger partial charge in [0, 0.05) is 6.54 Å². The molecule has 3 rings (SSSR count). The Morgan fingerprint density at radius 2 is 1.40 bits per heavy atom. The summed E-state index contributed by atoms with van der Waals surface area (Å²) >= 11 is 0. The highest BCUT2D eigenvalue weighted by molar-refractivity contribution is 7.89. The van der Waals surface area contributed by atoms with E-state index in [1.54, 1.807) is 13.8 Å². The molecule has 0 heterocycles. The molecule has 0 radical (unpaired) electrons. The van der Waals surface area contributed by atoms with Gasteiger partial charge in [-0.15, -0.1) is 0 Å². The molecule has 0 fully saturated rings. The van der Waals surface area contributed by atoms with Gasteiger partial charge < -0.3 is 5.32 Å². The van der Waals surface area contributed by atoms with Gasteiger partial charge in [0.25, 0.3) is 0 Å². The van der Waals surface area contributed by atoms with Gasteiger partial charge in [-0.3, -0.25) is 4.79 Å². The summed E-state index contributed by atoms with van der Waals surface area (Å²) in [6, 6.07) is 17.1. The number of hydrogen-bond donors (Lipinski definition) is 1. The summed E-state index contributed by atoms with van der Waals surface area (Å²) in [6.07, 6.45) is 0. The van der Waals surface area contributed by atoms with Crippen molar-refractivity contribution in [2.75, 3.05) is 6.54 Å². The zero-order valence-electron chi connectivity index (χ0n) is 21.8. The van der Waals surface area contributed by atoms with Crippen LogP contribution in [0.3, 0.4) is 0 Å². The lowest BCUT2D eigenvalue weighted by molar-refractivity contribution is -0.122. The fourth-order valence-electron chi connectivity index (χ4n) is 4.69. The average Bonchev–Trinajstić information content (AvgIpc) is 2.75. The van der Waals surface area contributed by atoms with Crippen molar-refractivity contribution in [1.82, 2.24) is 9.62 Å². The van der Waals surface area contributed by atoms with Crippen LogP contribution in [-0.2, 0) is 21.4 Å². The highest BCUT2D eigenvalue weighted by atomic mass is 32.2. The number of carbonyl (C=O) groups excluding carboxylic acids is 1. The van der Waals surface area contributed by atoms with E-state index in [0.717, 1.165) is 27.8 Å². The van der Waals surface area contributed by atoms with Crippen LogP contribution in [0, 0.1) is 41.5 Å². The van der Waals surface area contributed by atoms with Crippen molar-refractivity contribution < 1.29 is 13.2 Å². The van der Waals surface area contributed by atoms with E-state index in [1.165, 1.54) is 9.87 Å². The van der Waals surface area contributed by atoms with E-state index in [1.807, 2.05) is 70.2 Å². The van der Waals surface area contributed by atoms with Crippen LogP contribution in [0.4, 0.5) is 0 Å². The summed E-state index contributed by atoms with van der Waals surface area (Å²) in [4.78, 5) is 13.4. The Morgan fingerprint density at radius 3 is 2.00 bits per heavy atom. The highest BCUT2D eigenvalue weighted by Crippen LogP contribution is 2.27. The number of amides is 1. The van der Waals surface area contributed by atoms with Crippen LogP contribution in [0.1, 0.15) is 57.5 Å². The number of carbonyl (C=O) groups is 1. The molecule has 35 heavy (non-hydrogen) atoms. The van der Waals surface area contributed by atoms with Crippen LogP contribution < -0.4 is 5.32 Å². The Balaban J connectivity index is 1.92.